The zero-order chi connectivity index (χ0) is 26.6. The van der Waals surface area contributed by atoms with Crippen LogP contribution in [-0.4, -0.2) is 88.7 Å². The van der Waals surface area contributed by atoms with Gasteiger partial charge >= 0.3 is 6.01 Å². The molecule has 0 atom stereocenters. The third-order valence-corrected chi connectivity index (χ3v) is 6.95. The number of benzene rings is 1. The van der Waals surface area contributed by atoms with E-state index in [2.05, 4.69) is 52.2 Å². The maximum atomic E-state index is 6.11. The van der Waals surface area contributed by atoms with E-state index in [1.54, 1.807) is 4.68 Å². The van der Waals surface area contributed by atoms with E-state index < -0.39 is 0 Å². The Morgan fingerprint density at radius 3 is 2.36 bits per heavy atom. The number of anilines is 2. The molecule has 0 unspecified atom stereocenters. The van der Waals surface area contributed by atoms with Crippen LogP contribution in [0, 0.1) is 6.92 Å². The number of hydrogen-bond acceptors (Lipinski definition) is 9. The fraction of sp³-hybridized carbons (Fsp3) is 0.429. The van der Waals surface area contributed by atoms with Crippen molar-refractivity contribution in [1.29, 1.82) is 0 Å². The molecule has 1 aromatic carbocycles. The van der Waals surface area contributed by atoms with Crippen LogP contribution < -0.4 is 14.5 Å². The van der Waals surface area contributed by atoms with Gasteiger partial charge in [0.15, 0.2) is 5.82 Å². The molecule has 0 aliphatic carbocycles. The molecular weight excluding hydrogens is 496 g/mol. The van der Waals surface area contributed by atoms with E-state index in [9.17, 15) is 0 Å². The van der Waals surface area contributed by atoms with Crippen molar-refractivity contribution in [2.45, 2.75) is 13.3 Å². The van der Waals surface area contributed by atoms with Crippen molar-refractivity contribution in [3.8, 4) is 23.1 Å². The average Bonchev–Trinajstić information content (AvgIpc) is 3.61. The Kier molecular flexibility index (Phi) is 7.42. The largest absolute Gasteiger partial charge is 0.463 e. The molecule has 0 radical (unpaired) electrons. The number of aromatic nitrogens is 6. The zero-order valence-corrected chi connectivity index (χ0v) is 22.5. The van der Waals surface area contributed by atoms with Crippen LogP contribution in [0.15, 0.2) is 48.8 Å². The minimum Gasteiger partial charge on any atom is -0.463 e. The fourth-order valence-electron chi connectivity index (χ4n) is 4.89. The second-order valence-electron chi connectivity index (χ2n) is 9.86. The quantitative estimate of drug-likeness (QED) is 0.341. The van der Waals surface area contributed by atoms with Gasteiger partial charge in [-0.3, -0.25) is 4.68 Å². The summed E-state index contributed by atoms with van der Waals surface area (Å²) >= 11 is 0. The lowest BCUT2D eigenvalue weighted by Gasteiger charge is -2.29. The smallest absolute Gasteiger partial charge is 0.320 e. The van der Waals surface area contributed by atoms with Gasteiger partial charge in [0.1, 0.15) is 11.6 Å². The first kappa shape index (κ1) is 25.3. The molecule has 0 amide bonds. The Balaban J connectivity index is 1.37. The molecule has 0 bridgehead atoms. The molecule has 3 aromatic heterocycles. The van der Waals surface area contributed by atoms with Gasteiger partial charge < -0.3 is 24.0 Å². The van der Waals surface area contributed by atoms with Crippen LogP contribution >= 0.6 is 0 Å². The Morgan fingerprint density at radius 2 is 1.64 bits per heavy atom. The van der Waals surface area contributed by atoms with Crippen molar-refractivity contribution in [1.82, 2.24) is 29.5 Å². The summed E-state index contributed by atoms with van der Waals surface area (Å²) in [5.41, 5.74) is 4.26. The first-order chi connectivity index (χ1) is 19.1. The molecule has 0 spiro atoms. The van der Waals surface area contributed by atoms with Gasteiger partial charge in [0.2, 0.25) is 0 Å². The summed E-state index contributed by atoms with van der Waals surface area (Å²) in [6, 6.07) is 12.9. The minimum absolute atomic E-state index is 0.332. The Morgan fingerprint density at radius 1 is 0.897 bits per heavy atom. The predicted octanol–water partition coefficient (Wildman–Crippen LogP) is 2.67. The molecule has 39 heavy (non-hydrogen) atoms. The first-order valence-electron chi connectivity index (χ1n) is 13.4. The van der Waals surface area contributed by atoms with Gasteiger partial charge in [0.25, 0.3) is 0 Å². The molecule has 2 fully saturated rings. The third kappa shape index (κ3) is 5.89. The van der Waals surface area contributed by atoms with Gasteiger partial charge in [-0.15, -0.1) is 0 Å². The van der Waals surface area contributed by atoms with Crippen molar-refractivity contribution in [2.24, 2.45) is 7.05 Å². The van der Waals surface area contributed by atoms with Crippen LogP contribution in [0.2, 0.25) is 0 Å². The summed E-state index contributed by atoms with van der Waals surface area (Å²) in [5, 5.41) is 9.30. The normalized spacial score (nSPS) is 16.1. The van der Waals surface area contributed by atoms with Gasteiger partial charge in [-0.1, -0.05) is 23.8 Å². The van der Waals surface area contributed by atoms with Gasteiger partial charge in [-0.05, 0) is 18.6 Å². The van der Waals surface area contributed by atoms with Crippen LogP contribution in [0.1, 0.15) is 11.1 Å². The van der Waals surface area contributed by atoms with Crippen molar-refractivity contribution < 1.29 is 14.2 Å². The maximum Gasteiger partial charge on any atom is 0.320 e. The summed E-state index contributed by atoms with van der Waals surface area (Å²) in [4.78, 5) is 14.1. The van der Waals surface area contributed by atoms with E-state index in [0.29, 0.717) is 51.3 Å². The van der Waals surface area contributed by atoms with Crippen LogP contribution in [0.3, 0.4) is 0 Å². The first-order valence-corrected chi connectivity index (χ1v) is 13.4. The van der Waals surface area contributed by atoms with E-state index in [1.807, 2.05) is 30.2 Å². The minimum atomic E-state index is 0.332. The second-order valence-corrected chi connectivity index (χ2v) is 9.86. The summed E-state index contributed by atoms with van der Waals surface area (Å²) in [5.74, 6) is 2.45. The highest BCUT2D eigenvalue weighted by Gasteiger charge is 2.23. The molecule has 11 heteroatoms. The molecule has 11 nitrogen and oxygen atoms in total. The van der Waals surface area contributed by atoms with Gasteiger partial charge in [0.05, 0.1) is 44.9 Å². The highest BCUT2D eigenvalue weighted by atomic mass is 16.5. The second kappa shape index (κ2) is 11.4. The van der Waals surface area contributed by atoms with E-state index in [-0.39, 0.29) is 0 Å². The van der Waals surface area contributed by atoms with Crippen LogP contribution in [0.5, 0.6) is 6.01 Å². The number of hydrogen-bond donors (Lipinski definition) is 0. The number of nitrogens with zero attached hydrogens (tertiary/aromatic N) is 8. The number of aryl methyl sites for hydroxylation is 2. The van der Waals surface area contributed by atoms with Gasteiger partial charge in [0, 0.05) is 63.5 Å². The van der Waals surface area contributed by atoms with Crippen LogP contribution in [-0.2, 0) is 22.9 Å². The van der Waals surface area contributed by atoms with Crippen LogP contribution in [0.25, 0.3) is 17.1 Å². The van der Waals surface area contributed by atoms with Crippen molar-refractivity contribution >= 4 is 11.6 Å². The van der Waals surface area contributed by atoms with Crippen molar-refractivity contribution in [2.75, 3.05) is 69.0 Å². The summed E-state index contributed by atoms with van der Waals surface area (Å²) in [6.45, 7) is 8.31. The lowest BCUT2D eigenvalue weighted by Crippen LogP contribution is -2.38. The standard InChI is InChI=1S/C28H34N8O3/c1-21-4-3-5-23(16-21)24-17-27(35-9-14-38-15-10-35)36(32-24)26-18-25(34-7-12-37-13-8-34)30-28(31-26)39-11-6-22-19-29-33(2)20-22/h3-5,16-20H,6-15H2,1-2H3. The van der Waals surface area contributed by atoms with Crippen molar-refractivity contribution in [3.05, 3.63) is 59.9 Å². The summed E-state index contributed by atoms with van der Waals surface area (Å²) in [7, 11) is 1.91. The molecule has 0 saturated carbocycles. The molecule has 2 saturated heterocycles. The lowest BCUT2D eigenvalue weighted by atomic mass is 10.1. The number of ether oxygens (including phenoxy) is 3. The molecule has 204 valence electrons. The van der Waals surface area contributed by atoms with E-state index >= 15 is 0 Å². The van der Waals surface area contributed by atoms with Gasteiger partial charge in [-0.25, -0.2) is 0 Å². The molecule has 2 aliphatic rings. The Hall–Kier alpha value is -3.96. The fourth-order valence-corrected chi connectivity index (χ4v) is 4.89. The summed E-state index contributed by atoms with van der Waals surface area (Å²) < 4.78 is 21.0. The number of rotatable bonds is 8. The van der Waals surface area contributed by atoms with E-state index in [0.717, 1.165) is 54.6 Å². The summed E-state index contributed by atoms with van der Waals surface area (Å²) in [6.07, 6.45) is 4.56. The lowest BCUT2D eigenvalue weighted by molar-refractivity contribution is 0.122. The van der Waals surface area contributed by atoms with E-state index in [1.165, 1.54) is 5.56 Å². The predicted molar refractivity (Wildman–Crippen MR) is 148 cm³/mol. The molecule has 0 N–H and O–H groups in total. The SMILES string of the molecule is Cc1cccc(-c2cc(N3CCOCC3)n(-c3cc(N4CCOCC4)nc(OCCc4cnn(C)c4)n3)n2)c1. The maximum absolute atomic E-state index is 6.11. The third-order valence-electron chi connectivity index (χ3n) is 6.95. The monoisotopic (exact) mass is 530 g/mol. The molecule has 4 aromatic rings. The Bertz CT molecular complexity index is 1410. The van der Waals surface area contributed by atoms with Gasteiger partial charge in [-0.2, -0.15) is 24.8 Å². The molecule has 5 heterocycles. The molecular formula is C28H34N8O3. The molecule has 6 rings (SSSR count). The van der Waals surface area contributed by atoms with Crippen molar-refractivity contribution in [3.63, 3.8) is 0 Å². The zero-order valence-electron chi connectivity index (χ0n) is 22.5. The Labute approximate surface area is 227 Å². The highest BCUT2D eigenvalue weighted by molar-refractivity contribution is 5.66. The highest BCUT2D eigenvalue weighted by Crippen LogP contribution is 2.30. The number of morpholine rings is 2. The topological polar surface area (TPSA) is 95.6 Å². The average molecular weight is 531 g/mol. The van der Waals surface area contributed by atoms with Crippen LogP contribution in [0.4, 0.5) is 11.6 Å². The molecule has 2 aliphatic heterocycles. The van der Waals surface area contributed by atoms with E-state index in [4.69, 9.17) is 29.3 Å².